The molecular weight excluding hydrogens is 332 g/mol. The van der Waals surface area contributed by atoms with Crippen LogP contribution >= 0.6 is 0 Å². The van der Waals surface area contributed by atoms with Crippen molar-refractivity contribution in [2.45, 2.75) is 0 Å². The van der Waals surface area contributed by atoms with Crippen LogP contribution in [0, 0.1) is 35.5 Å². The maximum absolute atomic E-state index is 12.8. The lowest BCUT2D eigenvalue weighted by atomic mass is 9.51. The van der Waals surface area contributed by atoms with Gasteiger partial charge in [0.05, 0.1) is 23.7 Å². The molecule has 0 radical (unpaired) electrons. The van der Waals surface area contributed by atoms with Crippen LogP contribution in [0.1, 0.15) is 5.56 Å². The van der Waals surface area contributed by atoms with Crippen LogP contribution in [0.25, 0.3) is 5.57 Å². The maximum atomic E-state index is 12.8. The highest BCUT2D eigenvalue weighted by Crippen LogP contribution is 2.61. The summed E-state index contributed by atoms with van der Waals surface area (Å²) in [5.74, 6) is -3.94. The molecule has 6 nitrogen and oxygen atoms in total. The van der Waals surface area contributed by atoms with Crippen molar-refractivity contribution in [3.63, 3.8) is 0 Å². The Morgan fingerprint density at radius 3 is 1.62 bits per heavy atom. The maximum Gasteiger partial charge on any atom is 0.233 e. The summed E-state index contributed by atoms with van der Waals surface area (Å²) in [5, 5.41) is 0. The third kappa shape index (κ3) is 1.62. The molecule has 4 atom stereocenters. The summed E-state index contributed by atoms with van der Waals surface area (Å²) in [6.45, 7) is 0. The van der Waals surface area contributed by atoms with Crippen molar-refractivity contribution in [1.29, 1.82) is 0 Å². The van der Waals surface area contributed by atoms with Crippen molar-refractivity contribution in [2.75, 3.05) is 14.1 Å². The summed E-state index contributed by atoms with van der Waals surface area (Å²) in [5.41, 5.74) is 1.87. The quantitative estimate of drug-likeness (QED) is 0.702. The number of likely N-dealkylation sites (tertiary alicyclic amines) is 2. The first-order valence-electron chi connectivity index (χ1n) is 8.83. The number of carbonyl (C=O) groups excluding carboxylic acids is 4. The van der Waals surface area contributed by atoms with Crippen molar-refractivity contribution in [3.05, 3.63) is 42.0 Å². The zero-order valence-electron chi connectivity index (χ0n) is 14.5. The van der Waals surface area contributed by atoms with Gasteiger partial charge in [0.15, 0.2) is 0 Å². The third-order valence-electron chi connectivity index (χ3n) is 6.68. The van der Waals surface area contributed by atoms with E-state index in [1.165, 1.54) is 23.9 Å². The van der Waals surface area contributed by atoms with E-state index in [-0.39, 0.29) is 23.6 Å². The van der Waals surface area contributed by atoms with Gasteiger partial charge in [-0.25, -0.2) is 0 Å². The van der Waals surface area contributed by atoms with Gasteiger partial charge in [0.25, 0.3) is 0 Å². The first-order valence-corrected chi connectivity index (χ1v) is 8.83. The lowest BCUT2D eigenvalue weighted by Gasteiger charge is -2.47. The Balaban J connectivity index is 1.73. The molecule has 132 valence electrons. The van der Waals surface area contributed by atoms with Gasteiger partial charge in [0, 0.05) is 25.9 Å². The van der Waals surface area contributed by atoms with Crippen LogP contribution in [0.15, 0.2) is 36.4 Å². The van der Waals surface area contributed by atoms with E-state index in [2.05, 4.69) is 0 Å². The number of imide groups is 2. The summed E-state index contributed by atoms with van der Waals surface area (Å²) in [6, 6.07) is 9.63. The van der Waals surface area contributed by atoms with Gasteiger partial charge >= 0.3 is 0 Å². The minimum atomic E-state index is -0.554. The summed E-state index contributed by atoms with van der Waals surface area (Å²) in [4.78, 5) is 53.5. The molecule has 4 amide bonds. The molecule has 6 heteroatoms. The number of hydrogen-bond acceptors (Lipinski definition) is 4. The highest BCUT2D eigenvalue weighted by atomic mass is 16.2. The zero-order valence-corrected chi connectivity index (χ0v) is 14.5. The molecule has 0 aromatic heterocycles. The summed E-state index contributed by atoms with van der Waals surface area (Å²) in [7, 11) is 2.99. The van der Waals surface area contributed by atoms with Gasteiger partial charge in [-0.3, -0.25) is 29.0 Å². The molecule has 2 heterocycles. The van der Waals surface area contributed by atoms with E-state index in [4.69, 9.17) is 0 Å². The summed E-state index contributed by atoms with van der Waals surface area (Å²) < 4.78 is 0. The van der Waals surface area contributed by atoms with E-state index in [1.807, 2.05) is 36.4 Å². The average Bonchev–Trinajstić information content (AvgIpc) is 3.05. The molecule has 26 heavy (non-hydrogen) atoms. The van der Waals surface area contributed by atoms with E-state index in [0.717, 1.165) is 11.1 Å². The van der Waals surface area contributed by atoms with Crippen LogP contribution in [-0.4, -0.2) is 47.5 Å². The van der Waals surface area contributed by atoms with Gasteiger partial charge in [0.2, 0.25) is 23.6 Å². The molecule has 3 fully saturated rings. The van der Waals surface area contributed by atoms with E-state index in [1.54, 1.807) is 0 Å². The molecular formula is C20H18N2O4. The minimum Gasteiger partial charge on any atom is -0.285 e. The molecule has 1 aromatic carbocycles. The Morgan fingerprint density at radius 1 is 0.654 bits per heavy atom. The molecule has 6 rings (SSSR count). The molecule has 2 aliphatic heterocycles. The van der Waals surface area contributed by atoms with E-state index < -0.39 is 35.5 Å². The topological polar surface area (TPSA) is 74.8 Å². The second kappa shape index (κ2) is 4.90. The second-order valence-corrected chi connectivity index (χ2v) is 7.67. The van der Waals surface area contributed by atoms with Crippen molar-refractivity contribution in [1.82, 2.24) is 9.80 Å². The number of hydrogen-bond donors (Lipinski definition) is 0. The molecule has 2 bridgehead atoms. The fourth-order valence-electron chi connectivity index (χ4n) is 5.57. The van der Waals surface area contributed by atoms with Crippen LogP contribution in [0.2, 0.25) is 0 Å². The van der Waals surface area contributed by atoms with Gasteiger partial charge in [0.1, 0.15) is 0 Å². The summed E-state index contributed by atoms with van der Waals surface area (Å²) >= 11 is 0. The van der Waals surface area contributed by atoms with Gasteiger partial charge in [-0.05, 0) is 11.1 Å². The molecule has 5 aliphatic rings. The fraction of sp³-hybridized carbons (Fsp3) is 0.400. The third-order valence-corrected chi connectivity index (χ3v) is 6.68. The zero-order chi connectivity index (χ0) is 18.3. The molecule has 1 aromatic rings. The molecule has 4 unspecified atom stereocenters. The molecule has 0 N–H and O–H groups in total. The molecule has 3 aliphatic carbocycles. The van der Waals surface area contributed by atoms with Crippen LogP contribution in [0.5, 0.6) is 0 Å². The van der Waals surface area contributed by atoms with Gasteiger partial charge in [-0.1, -0.05) is 36.4 Å². The predicted molar refractivity (Wildman–Crippen MR) is 90.9 cm³/mol. The Labute approximate surface area is 150 Å². The predicted octanol–water partition coefficient (Wildman–Crippen LogP) is 0.792. The Morgan fingerprint density at radius 2 is 1.12 bits per heavy atom. The fourth-order valence-corrected chi connectivity index (χ4v) is 5.57. The second-order valence-electron chi connectivity index (χ2n) is 7.67. The van der Waals surface area contributed by atoms with E-state index in [0.29, 0.717) is 0 Å². The minimum absolute atomic E-state index is 0.230. The average molecular weight is 350 g/mol. The lowest BCUT2D eigenvalue weighted by molar-refractivity contribution is -0.138. The number of amides is 4. The highest BCUT2D eigenvalue weighted by molar-refractivity contribution is 6.12. The summed E-state index contributed by atoms with van der Waals surface area (Å²) in [6.07, 6.45) is 1.98. The molecule has 1 saturated carbocycles. The van der Waals surface area contributed by atoms with Crippen LogP contribution in [-0.2, 0) is 19.2 Å². The molecule has 2 saturated heterocycles. The lowest BCUT2D eigenvalue weighted by Crippen LogP contribution is -2.52. The first kappa shape index (κ1) is 15.5. The van der Waals surface area contributed by atoms with Gasteiger partial charge in [-0.15, -0.1) is 0 Å². The SMILES string of the molecule is CN1C(=O)C2C3C=C(c4ccccc4)C(C2C1=O)C1C(=O)N(C)C(=O)C31. The van der Waals surface area contributed by atoms with Crippen molar-refractivity contribution in [3.8, 4) is 0 Å². The Bertz CT molecular complexity index is 860. The molecule has 0 spiro atoms. The van der Waals surface area contributed by atoms with Crippen LogP contribution < -0.4 is 0 Å². The Kier molecular flexibility index (Phi) is 2.92. The number of benzene rings is 1. The smallest absolute Gasteiger partial charge is 0.233 e. The van der Waals surface area contributed by atoms with Gasteiger partial charge in [-0.2, -0.15) is 0 Å². The van der Waals surface area contributed by atoms with E-state index in [9.17, 15) is 19.2 Å². The van der Waals surface area contributed by atoms with Crippen LogP contribution in [0.4, 0.5) is 0 Å². The van der Waals surface area contributed by atoms with Crippen LogP contribution in [0.3, 0.4) is 0 Å². The normalized spacial score (nSPS) is 38.0. The van der Waals surface area contributed by atoms with Crippen molar-refractivity contribution >= 4 is 29.2 Å². The number of nitrogens with zero attached hydrogens (tertiary/aromatic N) is 2. The van der Waals surface area contributed by atoms with E-state index >= 15 is 0 Å². The van der Waals surface area contributed by atoms with Crippen molar-refractivity contribution < 1.29 is 19.2 Å². The monoisotopic (exact) mass is 350 g/mol. The number of rotatable bonds is 1. The first-order chi connectivity index (χ1) is 12.4. The number of allylic oxidation sites excluding steroid dienone is 2. The Hall–Kier alpha value is -2.76. The van der Waals surface area contributed by atoms with Crippen molar-refractivity contribution in [2.24, 2.45) is 35.5 Å². The highest BCUT2D eigenvalue weighted by Gasteiger charge is 2.69. The largest absolute Gasteiger partial charge is 0.285 e. The van der Waals surface area contributed by atoms with Gasteiger partial charge < -0.3 is 0 Å². The number of carbonyl (C=O) groups is 4. The standard InChI is InChI=1S/C20H18N2O4/c1-21-17(23)13-11-8-10(9-6-4-3-5-7-9)12(15(13)19(21)25)16-14(11)18(24)22(2)20(16)26/h3-8,11-16H,1-2H3.